The van der Waals surface area contributed by atoms with Gasteiger partial charge in [-0.05, 0) is 45.7 Å². The standard InChI is InChI=1S/C12H24N2O3S/c1-3-17-10-11-4-5-12(6-8-13-9-7-12)14(11)18(2,15)16/h11,13H,3-10H2,1-2H3/t11-/m0/s1. The van der Waals surface area contributed by atoms with Crippen molar-refractivity contribution in [2.24, 2.45) is 0 Å². The van der Waals surface area contributed by atoms with E-state index in [2.05, 4.69) is 5.32 Å². The van der Waals surface area contributed by atoms with Crippen LogP contribution in [0.1, 0.15) is 32.6 Å². The molecule has 0 aromatic heterocycles. The average Bonchev–Trinajstić information content (AvgIpc) is 2.66. The Kier molecular flexibility index (Phi) is 4.31. The summed E-state index contributed by atoms with van der Waals surface area (Å²) in [5, 5.41) is 3.31. The smallest absolute Gasteiger partial charge is 0.212 e. The lowest BCUT2D eigenvalue weighted by atomic mass is 9.87. The quantitative estimate of drug-likeness (QED) is 0.815. The van der Waals surface area contributed by atoms with Crippen molar-refractivity contribution in [3.05, 3.63) is 0 Å². The molecule has 0 bridgehead atoms. The average molecular weight is 276 g/mol. The van der Waals surface area contributed by atoms with E-state index in [-0.39, 0.29) is 11.6 Å². The summed E-state index contributed by atoms with van der Waals surface area (Å²) in [5.74, 6) is 0. The molecule has 0 unspecified atom stereocenters. The van der Waals surface area contributed by atoms with Crippen molar-refractivity contribution in [2.75, 3.05) is 32.6 Å². The van der Waals surface area contributed by atoms with Gasteiger partial charge < -0.3 is 10.1 Å². The molecule has 2 aliphatic rings. The Hall–Kier alpha value is -0.170. The highest BCUT2D eigenvalue weighted by atomic mass is 32.2. The lowest BCUT2D eigenvalue weighted by molar-refractivity contribution is 0.0788. The summed E-state index contributed by atoms with van der Waals surface area (Å²) >= 11 is 0. The van der Waals surface area contributed by atoms with Crippen LogP contribution in [0.3, 0.4) is 0 Å². The number of ether oxygens (including phenoxy) is 1. The molecule has 1 atom stereocenters. The van der Waals surface area contributed by atoms with Crippen molar-refractivity contribution in [3.8, 4) is 0 Å². The second kappa shape index (κ2) is 5.45. The van der Waals surface area contributed by atoms with E-state index >= 15 is 0 Å². The first-order chi connectivity index (χ1) is 8.49. The zero-order valence-electron chi connectivity index (χ0n) is 11.3. The van der Waals surface area contributed by atoms with Crippen LogP contribution in [-0.2, 0) is 14.8 Å². The number of hydrogen-bond acceptors (Lipinski definition) is 4. The molecule has 0 radical (unpaired) electrons. The molecule has 2 rings (SSSR count). The van der Waals surface area contributed by atoms with Crippen molar-refractivity contribution in [1.29, 1.82) is 0 Å². The maximum Gasteiger partial charge on any atom is 0.212 e. The molecule has 5 nitrogen and oxygen atoms in total. The zero-order chi connectivity index (χ0) is 13.2. The molecule has 106 valence electrons. The van der Waals surface area contributed by atoms with Crippen molar-refractivity contribution in [2.45, 2.75) is 44.2 Å². The lowest BCUT2D eigenvalue weighted by Crippen LogP contribution is -2.55. The van der Waals surface area contributed by atoms with E-state index in [1.807, 2.05) is 6.92 Å². The largest absolute Gasteiger partial charge is 0.380 e. The van der Waals surface area contributed by atoms with Gasteiger partial charge in [0.2, 0.25) is 10.0 Å². The number of hydrogen-bond donors (Lipinski definition) is 1. The topological polar surface area (TPSA) is 58.6 Å². The molecular formula is C12H24N2O3S. The molecule has 0 aromatic rings. The van der Waals surface area contributed by atoms with Gasteiger partial charge in [0.25, 0.3) is 0 Å². The summed E-state index contributed by atoms with van der Waals surface area (Å²) in [6.45, 7) is 4.93. The Morgan fingerprint density at radius 2 is 2.00 bits per heavy atom. The molecule has 2 saturated heterocycles. The highest BCUT2D eigenvalue weighted by Crippen LogP contribution is 2.42. The number of piperidine rings is 1. The van der Waals surface area contributed by atoms with E-state index < -0.39 is 10.0 Å². The van der Waals surface area contributed by atoms with E-state index in [1.165, 1.54) is 6.26 Å². The summed E-state index contributed by atoms with van der Waals surface area (Å²) < 4.78 is 31.5. The van der Waals surface area contributed by atoms with Crippen LogP contribution in [0.15, 0.2) is 0 Å². The first-order valence-corrected chi connectivity index (χ1v) is 8.62. The molecule has 2 aliphatic heterocycles. The zero-order valence-corrected chi connectivity index (χ0v) is 12.1. The minimum Gasteiger partial charge on any atom is -0.380 e. The second-order valence-electron chi connectivity index (χ2n) is 5.39. The molecule has 0 aliphatic carbocycles. The van der Waals surface area contributed by atoms with Gasteiger partial charge in [-0.2, -0.15) is 4.31 Å². The van der Waals surface area contributed by atoms with Gasteiger partial charge in [0.1, 0.15) is 0 Å². The van der Waals surface area contributed by atoms with Crippen LogP contribution in [0.5, 0.6) is 0 Å². The molecule has 0 aromatic carbocycles. The van der Waals surface area contributed by atoms with Gasteiger partial charge >= 0.3 is 0 Å². The van der Waals surface area contributed by atoms with Gasteiger partial charge in [-0.3, -0.25) is 0 Å². The third-order valence-corrected chi connectivity index (χ3v) is 5.55. The summed E-state index contributed by atoms with van der Waals surface area (Å²) in [6, 6.07) is 0.0260. The number of nitrogens with one attached hydrogen (secondary N) is 1. The van der Waals surface area contributed by atoms with Crippen LogP contribution in [0.2, 0.25) is 0 Å². The van der Waals surface area contributed by atoms with Crippen molar-refractivity contribution >= 4 is 10.0 Å². The summed E-state index contributed by atoms with van der Waals surface area (Å²) in [7, 11) is -3.16. The fourth-order valence-electron chi connectivity index (χ4n) is 3.44. The monoisotopic (exact) mass is 276 g/mol. The van der Waals surface area contributed by atoms with E-state index in [9.17, 15) is 8.42 Å². The van der Waals surface area contributed by atoms with E-state index in [0.29, 0.717) is 13.2 Å². The first kappa shape index (κ1) is 14.2. The van der Waals surface area contributed by atoms with Crippen LogP contribution in [0, 0.1) is 0 Å². The molecular weight excluding hydrogens is 252 g/mol. The Labute approximate surface area is 110 Å². The van der Waals surface area contributed by atoms with Crippen LogP contribution >= 0.6 is 0 Å². The highest BCUT2D eigenvalue weighted by molar-refractivity contribution is 7.88. The minimum atomic E-state index is -3.16. The molecule has 6 heteroatoms. The van der Waals surface area contributed by atoms with Crippen molar-refractivity contribution < 1.29 is 13.2 Å². The van der Waals surface area contributed by atoms with Gasteiger partial charge in [-0.15, -0.1) is 0 Å². The Bertz CT molecular complexity index is 377. The molecule has 1 N–H and O–H groups in total. The van der Waals surface area contributed by atoms with Gasteiger partial charge in [0.05, 0.1) is 12.9 Å². The van der Waals surface area contributed by atoms with Crippen LogP contribution < -0.4 is 5.32 Å². The number of nitrogens with zero attached hydrogens (tertiary/aromatic N) is 1. The van der Waals surface area contributed by atoms with Gasteiger partial charge in [0.15, 0.2) is 0 Å². The molecule has 2 heterocycles. The molecule has 0 saturated carbocycles. The van der Waals surface area contributed by atoms with Gasteiger partial charge in [-0.25, -0.2) is 8.42 Å². The fraction of sp³-hybridized carbons (Fsp3) is 1.00. The predicted molar refractivity (Wildman–Crippen MR) is 71.0 cm³/mol. The lowest BCUT2D eigenvalue weighted by Gasteiger charge is -2.42. The van der Waals surface area contributed by atoms with E-state index in [0.717, 1.165) is 38.8 Å². The van der Waals surface area contributed by atoms with Gasteiger partial charge in [0, 0.05) is 18.2 Å². The second-order valence-corrected chi connectivity index (χ2v) is 7.24. The predicted octanol–water partition coefficient (Wildman–Crippen LogP) is 0.569. The first-order valence-electron chi connectivity index (χ1n) is 6.77. The van der Waals surface area contributed by atoms with Gasteiger partial charge in [-0.1, -0.05) is 0 Å². The third kappa shape index (κ3) is 2.71. The normalized spacial score (nSPS) is 28.9. The summed E-state index contributed by atoms with van der Waals surface area (Å²) in [5.41, 5.74) is -0.152. The Morgan fingerprint density at radius 3 is 2.56 bits per heavy atom. The summed E-state index contributed by atoms with van der Waals surface area (Å²) in [4.78, 5) is 0. The van der Waals surface area contributed by atoms with Crippen molar-refractivity contribution in [1.82, 2.24) is 9.62 Å². The minimum absolute atomic E-state index is 0.0260. The van der Waals surface area contributed by atoms with E-state index in [4.69, 9.17) is 4.74 Å². The van der Waals surface area contributed by atoms with Crippen LogP contribution in [0.4, 0.5) is 0 Å². The number of rotatable bonds is 4. The van der Waals surface area contributed by atoms with Crippen LogP contribution in [0.25, 0.3) is 0 Å². The maximum absolute atomic E-state index is 12.1. The molecule has 1 spiro atoms. The number of sulfonamides is 1. The molecule has 18 heavy (non-hydrogen) atoms. The third-order valence-electron chi connectivity index (χ3n) is 4.15. The molecule has 0 amide bonds. The maximum atomic E-state index is 12.1. The molecule has 2 fully saturated rings. The Balaban J connectivity index is 2.21. The summed E-state index contributed by atoms with van der Waals surface area (Å²) in [6.07, 6.45) is 5.07. The van der Waals surface area contributed by atoms with E-state index in [1.54, 1.807) is 4.31 Å². The highest BCUT2D eigenvalue weighted by Gasteiger charge is 2.50. The van der Waals surface area contributed by atoms with Crippen molar-refractivity contribution in [3.63, 3.8) is 0 Å². The Morgan fingerprint density at radius 1 is 1.33 bits per heavy atom. The fourth-order valence-corrected chi connectivity index (χ4v) is 5.13. The van der Waals surface area contributed by atoms with Crippen LogP contribution in [-0.4, -0.2) is 56.9 Å². The SMILES string of the molecule is CCOC[C@@H]1CCC2(CCNCC2)N1S(C)(=O)=O.